The molecule has 1 aromatic heterocycles. The Kier molecular flexibility index (Phi) is 7.17. The fourth-order valence-electron chi connectivity index (χ4n) is 11.0. The number of nitrogens with zero attached hydrogens (tertiary/aromatic N) is 1. The number of allylic oxidation sites excluding steroid dienone is 4. The van der Waals surface area contributed by atoms with Crippen LogP contribution in [0, 0.1) is 5.92 Å². The lowest BCUT2D eigenvalue weighted by molar-refractivity contribution is 0.394. The van der Waals surface area contributed by atoms with Gasteiger partial charge in [0.25, 0.3) is 0 Å². The SMILES string of the molecule is CC1(C)c2cc(-n3c4cccc5c6c(-c7ccccc7)c(-c7ccccc7)c(-c7ccccc7)c(-c7ccccc7)c6c6cccc3c6c54)ccc2C2C=CC=CC21. The molecule has 9 aromatic carbocycles. The minimum Gasteiger partial charge on any atom is -0.309 e. The van der Waals surface area contributed by atoms with Crippen LogP contribution in [0.2, 0.25) is 0 Å². The van der Waals surface area contributed by atoms with Gasteiger partial charge in [0, 0.05) is 22.4 Å². The summed E-state index contributed by atoms with van der Waals surface area (Å²) in [6.45, 7) is 4.86. The molecule has 0 spiro atoms. The van der Waals surface area contributed by atoms with Crippen LogP contribution in [0.25, 0.3) is 93.5 Å². The van der Waals surface area contributed by atoms with Crippen LogP contribution < -0.4 is 0 Å². The molecule has 0 aliphatic heterocycles. The van der Waals surface area contributed by atoms with Crippen molar-refractivity contribution in [2.75, 3.05) is 0 Å². The number of rotatable bonds is 5. The molecule has 0 amide bonds. The van der Waals surface area contributed by atoms with E-state index in [4.69, 9.17) is 0 Å². The van der Waals surface area contributed by atoms with Gasteiger partial charge in [-0.05, 0) is 113 Å². The molecular weight excluding hydrogens is 699 g/mol. The van der Waals surface area contributed by atoms with Crippen LogP contribution in [0.15, 0.2) is 200 Å². The summed E-state index contributed by atoms with van der Waals surface area (Å²) in [7, 11) is 0. The van der Waals surface area contributed by atoms with Gasteiger partial charge < -0.3 is 4.57 Å². The zero-order valence-electron chi connectivity index (χ0n) is 32.7. The highest BCUT2D eigenvalue weighted by molar-refractivity contribution is 6.40. The van der Waals surface area contributed by atoms with Gasteiger partial charge in [0.15, 0.2) is 0 Å². The lowest BCUT2D eigenvalue weighted by Gasteiger charge is -2.29. The van der Waals surface area contributed by atoms with Gasteiger partial charge >= 0.3 is 0 Å². The summed E-state index contributed by atoms with van der Waals surface area (Å²) in [5.41, 5.74) is 16.5. The third kappa shape index (κ3) is 4.59. The predicted octanol–water partition coefficient (Wildman–Crippen LogP) is 15.3. The molecule has 0 saturated heterocycles. The molecule has 1 heterocycles. The van der Waals surface area contributed by atoms with Crippen molar-refractivity contribution in [2.24, 2.45) is 5.92 Å². The molecule has 1 nitrogen and oxygen atoms in total. The highest BCUT2D eigenvalue weighted by Gasteiger charge is 2.44. The number of benzene rings is 9. The topological polar surface area (TPSA) is 4.93 Å². The molecule has 2 aliphatic carbocycles. The standard InChI is InChI=1S/C57H41N/c1-57(2)45-30-16-15-27-41(45)42-34-33-40(35-46(42)57)58-47-31-17-28-43-53(47)54-44(29-18-32-48(54)58)56-52(39-25-13-6-14-26-39)50(37-21-9-4-10-22-37)49(36-19-7-3-8-20-36)51(55(43)56)38-23-11-5-12-24-38/h3-35,41,45H,1-2H3. The number of hydrogen-bond donors (Lipinski definition) is 0. The maximum Gasteiger partial charge on any atom is 0.0547 e. The summed E-state index contributed by atoms with van der Waals surface area (Å²) in [4.78, 5) is 0. The van der Waals surface area contributed by atoms with Gasteiger partial charge in [0.2, 0.25) is 0 Å². The summed E-state index contributed by atoms with van der Waals surface area (Å²) >= 11 is 0. The second-order valence-corrected chi connectivity index (χ2v) is 16.8. The van der Waals surface area contributed by atoms with E-state index < -0.39 is 0 Å². The molecule has 2 atom stereocenters. The van der Waals surface area contributed by atoms with E-state index in [-0.39, 0.29) is 5.41 Å². The van der Waals surface area contributed by atoms with Crippen LogP contribution in [-0.4, -0.2) is 4.57 Å². The van der Waals surface area contributed by atoms with Crippen molar-refractivity contribution in [3.8, 4) is 50.2 Å². The average molecular weight is 740 g/mol. The van der Waals surface area contributed by atoms with Gasteiger partial charge in [0.1, 0.15) is 0 Å². The molecule has 58 heavy (non-hydrogen) atoms. The lowest BCUT2D eigenvalue weighted by Crippen LogP contribution is -2.24. The van der Waals surface area contributed by atoms with Crippen LogP contribution in [0.4, 0.5) is 0 Å². The van der Waals surface area contributed by atoms with Crippen LogP contribution in [0.1, 0.15) is 30.9 Å². The molecule has 274 valence electrons. The quantitative estimate of drug-likeness (QED) is 0.155. The molecule has 0 bridgehead atoms. The van der Waals surface area contributed by atoms with Crippen molar-refractivity contribution in [1.82, 2.24) is 4.57 Å². The van der Waals surface area contributed by atoms with Crippen molar-refractivity contribution in [1.29, 1.82) is 0 Å². The van der Waals surface area contributed by atoms with E-state index in [0.717, 1.165) is 0 Å². The summed E-state index contributed by atoms with van der Waals surface area (Å²) in [5, 5.41) is 7.80. The van der Waals surface area contributed by atoms with Gasteiger partial charge in [-0.25, -0.2) is 0 Å². The minimum absolute atomic E-state index is 0.0212. The molecule has 0 N–H and O–H groups in total. The predicted molar refractivity (Wildman–Crippen MR) is 246 cm³/mol. The Morgan fingerprint density at radius 1 is 0.414 bits per heavy atom. The molecule has 0 saturated carbocycles. The van der Waals surface area contributed by atoms with Crippen molar-refractivity contribution in [3.05, 3.63) is 211 Å². The normalized spacial score (nSPS) is 16.8. The minimum atomic E-state index is 0.0212. The fraction of sp³-hybridized carbons (Fsp3) is 0.0877. The van der Waals surface area contributed by atoms with Gasteiger partial charge in [-0.1, -0.05) is 190 Å². The van der Waals surface area contributed by atoms with Gasteiger partial charge in [-0.3, -0.25) is 0 Å². The smallest absolute Gasteiger partial charge is 0.0547 e. The van der Waals surface area contributed by atoms with Crippen molar-refractivity contribution < 1.29 is 0 Å². The lowest BCUT2D eigenvalue weighted by atomic mass is 9.74. The van der Waals surface area contributed by atoms with E-state index in [1.54, 1.807) is 0 Å². The van der Waals surface area contributed by atoms with E-state index >= 15 is 0 Å². The summed E-state index contributed by atoms with van der Waals surface area (Å²) in [6, 6.07) is 65.7. The molecule has 10 aromatic rings. The fourth-order valence-corrected chi connectivity index (χ4v) is 11.0. The Balaban J connectivity index is 1.31. The maximum atomic E-state index is 2.55. The van der Waals surface area contributed by atoms with E-state index in [2.05, 4.69) is 219 Å². The van der Waals surface area contributed by atoms with E-state index in [1.807, 2.05) is 0 Å². The Hall–Kier alpha value is -6.96. The first-order valence-corrected chi connectivity index (χ1v) is 20.6. The van der Waals surface area contributed by atoms with Crippen molar-refractivity contribution >= 4 is 43.4 Å². The molecule has 0 radical (unpaired) electrons. The molecule has 0 fully saturated rings. The molecular formula is C57H41N. The average Bonchev–Trinajstić information content (AvgIpc) is 3.75. The second-order valence-electron chi connectivity index (χ2n) is 16.8. The first kappa shape index (κ1) is 33.2. The summed E-state index contributed by atoms with van der Waals surface area (Å²) in [6.07, 6.45) is 9.28. The Labute approximate surface area is 339 Å². The zero-order chi connectivity index (χ0) is 38.5. The highest BCUT2D eigenvalue weighted by atomic mass is 15.0. The van der Waals surface area contributed by atoms with E-state index in [9.17, 15) is 0 Å². The van der Waals surface area contributed by atoms with Gasteiger partial charge in [-0.15, -0.1) is 0 Å². The zero-order valence-corrected chi connectivity index (χ0v) is 32.7. The Morgan fingerprint density at radius 3 is 1.34 bits per heavy atom. The first-order chi connectivity index (χ1) is 28.6. The van der Waals surface area contributed by atoms with Crippen molar-refractivity contribution in [3.63, 3.8) is 0 Å². The summed E-state index contributed by atoms with van der Waals surface area (Å²) < 4.78 is 2.55. The van der Waals surface area contributed by atoms with Crippen LogP contribution in [-0.2, 0) is 5.41 Å². The largest absolute Gasteiger partial charge is 0.309 e. The first-order valence-electron chi connectivity index (χ1n) is 20.6. The Bertz CT molecular complexity index is 3100. The molecule has 2 aliphatic rings. The van der Waals surface area contributed by atoms with Gasteiger partial charge in [0.05, 0.1) is 11.0 Å². The number of fused-ring (bicyclic) bond motifs is 6. The number of hydrogen-bond acceptors (Lipinski definition) is 0. The second kappa shape index (κ2) is 12.5. The maximum absolute atomic E-state index is 2.55. The van der Waals surface area contributed by atoms with Gasteiger partial charge in [-0.2, -0.15) is 0 Å². The Morgan fingerprint density at radius 2 is 0.862 bits per heavy atom. The third-order valence-electron chi connectivity index (χ3n) is 13.4. The molecule has 1 heteroatoms. The van der Waals surface area contributed by atoms with E-state index in [0.29, 0.717) is 11.8 Å². The number of aromatic nitrogens is 1. The van der Waals surface area contributed by atoms with E-state index in [1.165, 1.54) is 105 Å². The van der Waals surface area contributed by atoms with Crippen LogP contribution in [0.3, 0.4) is 0 Å². The summed E-state index contributed by atoms with van der Waals surface area (Å²) in [5.74, 6) is 0.878. The molecule has 2 unspecified atom stereocenters. The van der Waals surface area contributed by atoms with Crippen molar-refractivity contribution in [2.45, 2.75) is 25.2 Å². The van der Waals surface area contributed by atoms with Crippen LogP contribution >= 0.6 is 0 Å². The molecule has 12 rings (SSSR count). The highest BCUT2D eigenvalue weighted by Crippen LogP contribution is 2.57. The van der Waals surface area contributed by atoms with Crippen LogP contribution in [0.5, 0.6) is 0 Å². The monoisotopic (exact) mass is 739 g/mol. The third-order valence-corrected chi connectivity index (χ3v) is 13.4.